The van der Waals surface area contributed by atoms with Gasteiger partial charge in [-0.25, -0.2) is 0 Å². The zero-order valence-electron chi connectivity index (χ0n) is 10.2. The first-order chi connectivity index (χ1) is 6.33. The van der Waals surface area contributed by atoms with Crippen LogP contribution in [0, 0.1) is 0 Å². The summed E-state index contributed by atoms with van der Waals surface area (Å²) in [6.07, 6.45) is 0.870. The molecule has 0 rings (SSSR count). The van der Waals surface area contributed by atoms with Crippen LogP contribution in [0.2, 0.25) is 0 Å². The predicted molar refractivity (Wildman–Crippen MR) is 59.4 cm³/mol. The van der Waals surface area contributed by atoms with Gasteiger partial charge in [-0.2, -0.15) is 0 Å². The summed E-state index contributed by atoms with van der Waals surface area (Å²) in [6.45, 7) is 12.2. The highest BCUT2D eigenvalue weighted by atomic mass is 16.5. The van der Waals surface area contributed by atoms with E-state index in [-0.39, 0.29) is 11.2 Å². The Kier molecular flexibility index (Phi) is 5.64. The van der Waals surface area contributed by atoms with Gasteiger partial charge in [-0.1, -0.05) is 0 Å². The van der Waals surface area contributed by atoms with E-state index in [2.05, 4.69) is 13.8 Å². The zero-order chi connectivity index (χ0) is 11.2. The van der Waals surface area contributed by atoms with Gasteiger partial charge in [0.05, 0.1) is 17.8 Å². The molecule has 0 aliphatic heterocycles. The van der Waals surface area contributed by atoms with Gasteiger partial charge in [-0.15, -0.1) is 0 Å². The van der Waals surface area contributed by atoms with E-state index in [4.69, 9.17) is 15.2 Å². The van der Waals surface area contributed by atoms with Crippen molar-refractivity contribution in [1.82, 2.24) is 0 Å². The lowest BCUT2D eigenvalue weighted by atomic mass is 10.0. The van der Waals surface area contributed by atoms with Crippen LogP contribution in [0.1, 0.15) is 41.0 Å². The second kappa shape index (κ2) is 5.69. The van der Waals surface area contributed by atoms with Crippen molar-refractivity contribution < 1.29 is 9.47 Å². The van der Waals surface area contributed by atoms with Gasteiger partial charge < -0.3 is 15.2 Å². The Labute approximate surface area is 88.0 Å². The molecular weight excluding hydrogens is 178 g/mol. The van der Waals surface area contributed by atoms with E-state index in [1.807, 2.05) is 20.8 Å². The lowest BCUT2D eigenvalue weighted by molar-refractivity contribution is -0.118. The molecule has 0 heterocycles. The molecule has 0 unspecified atom stereocenters. The summed E-state index contributed by atoms with van der Waals surface area (Å²) in [7, 11) is 0. The van der Waals surface area contributed by atoms with Gasteiger partial charge in [-0.05, 0) is 47.6 Å². The van der Waals surface area contributed by atoms with Crippen molar-refractivity contribution in [3.05, 3.63) is 0 Å². The fraction of sp³-hybridized carbons (Fsp3) is 1.00. The number of rotatable bonds is 7. The summed E-state index contributed by atoms with van der Waals surface area (Å²) in [4.78, 5) is 0. The van der Waals surface area contributed by atoms with Crippen LogP contribution in [0.4, 0.5) is 0 Å². The van der Waals surface area contributed by atoms with Crippen LogP contribution in [0.15, 0.2) is 0 Å². The molecule has 3 nitrogen and oxygen atoms in total. The van der Waals surface area contributed by atoms with Gasteiger partial charge in [0.15, 0.2) is 0 Å². The summed E-state index contributed by atoms with van der Waals surface area (Å²) < 4.78 is 11.3. The second-order valence-corrected chi connectivity index (χ2v) is 4.78. The maximum absolute atomic E-state index is 5.78. The van der Waals surface area contributed by atoms with Crippen molar-refractivity contribution in [3.63, 3.8) is 0 Å². The first-order valence-electron chi connectivity index (χ1n) is 5.31. The Morgan fingerprint density at radius 2 is 1.57 bits per heavy atom. The summed E-state index contributed by atoms with van der Waals surface area (Å²) in [5, 5.41) is 0. The fourth-order valence-electron chi connectivity index (χ4n) is 1.22. The van der Waals surface area contributed by atoms with E-state index in [9.17, 15) is 0 Å². The Hall–Kier alpha value is -0.120. The number of nitrogens with two attached hydrogens (primary N) is 1. The first kappa shape index (κ1) is 13.9. The zero-order valence-corrected chi connectivity index (χ0v) is 10.2. The first-order valence-corrected chi connectivity index (χ1v) is 5.31. The Morgan fingerprint density at radius 1 is 1.00 bits per heavy atom. The molecule has 0 fully saturated rings. The summed E-state index contributed by atoms with van der Waals surface area (Å²) in [5.74, 6) is 0. The van der Waals surface area contributed by atoms with Crippen LogP contribution >= 0.6 is 0 Å². The van der Waals surface area contributed by atoms with Gasteiger partial charge in [-0.3, -0.25) is 0 Å². The van der Waals surface area contributed by atoms with E-state index in [0.29, 0.717) is 19.8 Å². The van der Waals surface area contributed by atoms with Crippen molar-refractivity contribution >= 4 is 0 Å². The third-order valence-corrected chi connectivity index (χ3v) is 2.09. The monoisotopic (exact) mass is 203 g/mol. The predicted octanol–water partition coefficient (Wildman–Crippen LogP) is 1.95. The fourth-order valence-corrected chi connectivity index (χ4v) is 1.22. The molecule has 0 saturated carbocycles. The third-order valence-electron chi connectivity index (χ3n) is 2.09. The largest absolute Gasteiger partial charge is 0.373 e. The second-order valence-electron chi connectivity index (χ2n) is 4.78. The molecule has 0 bridgehead atoms. The molecule has 0 amide bonds. The quantitative estimate of drug-likeness (QED) is 0.688. The molecule has 0 aromatic heterocycles. The van der Waals surface area contributed by atoms with Gasteiger partial charge in [0.25, 0.3) is 0 Å². The molecule has 0 radical (unpaired) electrons. The molecule has 86 valence electrons. The van der Waals surface area contributed by atoms with Crippen molar-refractivity contribution in [2.75, 3.05) is 19.8 Å². The van der Waals surface area contributed by atoms with E-state index < -0.39 is 0 Å². The van der Waals surface area contributed by atoms with Crippen molar-refractivity contribution in [1.29, 1.82) is 0 Å². The van der Waals surface area contributed by atoms with E-state index in [1.165, 1.54) is 0 Å². The van der Waals surface area contributed by atoms with Crippen molar-refractivity contribution in [2.24, 2.45) is 5.73 Å². The van der Waals surface area contributed by atoms with Gasteiger partial charge >= 0.3 is 0 Å². The summed E-state index contributed by atoms with van der Waals surface area (Å²) >= 11 is 0. The van der Waals surface area contributed by atoms with Crippen LogP contribution in [0.25, 0.3) is 0 Å². The average molecular weight is 203 g/mol. The molecule has 3 heteroatoms. The highest BCUT2D eigenvalue weighted by Crippen LogP contribution is 2.18. The minimum atomic E-state index is -0.208. The molecule has 0 saturated heterocycles. The SMILES string of the molecule is CCOC(C)(C)COC(C)(C)CCN. The van der Waals surface area contributed by atoms with Gasteiger partial charge in [0, 0.05) is 6.61 Å². The number of hydrogen-bond donors (Lipinski definition) is 1. The van der Waals surface area contributed by atoms with E-state index >= 15 is 0 Å². The van der Waals surface area contributed by atoms with Crippen molar-refractivity contribution in [3.8, 4) is 0 Å². The number of hydrogen-bond acceptors (Lipinski definition) is 3. The van der Waals surface area contributed by atoms with Crippen LogP contribution in [-0.2, 0) is 9.47 Å². The molecule has 0 spiro atoms. The highest BCUT2D eigenvalue weighted by Gasteiger charge is 2.24. The highest BCUT2D eigenvalue weighted by molar-refractivity contribution is 4.74. The van der Waals surface area contributed by atoms with Crippen molar-refractivity contribution in [2.45, 2.75) is 52.2 Å². The van der Waals surface area contributed by atoms with Crippen LogP contribution in [0.5, 0.6) is 0 Å². The molecule has 0 atom stereocenters. The normalized spacial score (nSPS) is 13.3. The van der Waals surface area contributed by atoms with Crippen LogP contribution in [-0.4, -0.2) is 31.0 Å². The smallest absolute Gasteiger partial charge is 0.0859 e. The molecule has 0 aromatic rings. The topological polar surface area (TPSA) is 44.5 Å². The lowest BCUT2D eigenvalue weighted by Crippen LogP contribution is -2.37. The molecule has 0 aliphatic carbocycles. The van der Waals surface area contributed by atoms with E-state index in [0.717, 1.165) is 6.42 Å². The van der Waals surface area contributed by atoms with Gasteiger partial charge in [0.2, 0.25) is 0 Å². The summed E-state index contributed by atoms with van der Waals surface area (Å²) in [5.41, 5.74) is 5.14. The maximum atomic E-state index is 5.78. The molecule has 0 aromatic carbocycles. The average Bonchev–Trinajstić information content (AvgIpc) is 2.01. The Morgan fingerprint density at radius 3 is 2.00 bits per heavy atom. The lowest BCUT2D eigenvalue weighted by Gasteiger charge is -2.31. The molecule has 2 N–H and O–H groups in total. The summed E-state index contributed by atoms with van der Waals surface area (Å²) in [6, 6.07) is 0. The maximum Gasteiger partial charge on any atom is 0.0859 e. The molecule has 0 aliphatic rings. The van der Waals surface area contributed by atoms with Gasteiger partial charge in [0.1, 0.15) is 0 Å². The minimum Gasteiger partial charge on any atom is -0.373 e. The molecule has 14 heavy (non-hydrogen) atoms. The van der Waals surface area contributed by atoms with Crippen LogP contribution in [0.3, 0.4) is 0 Å². The standard InChI is InChI=1S/C11H25NO2/c1-6-13-11(4,5)9-14-10(2,3)7-8-12/h6-9,12H2,1-5H3. The third kappa shape index (κ3) is 6.35. The Balaban J connectivity index is 3.90. The minimum absolute atomic E-state index is 0.150. The van der Waals surface area contributed by atoms with E-state index in [1.54, 1.807) is 0 Å². The van der Waals surface area contributed by atoms with Crippen LogP contribution < -0.4 is 5.73 Å². The Bertz CT molecular complexity index is 137. The number of ether oxygens (including phenoxy) is 2. The molecular formula is C11H25NO2.